The molecule has 0 heterocycles. The highest BCUT2D eigenvalue weighted by atomic mass is 16.6. The maximum atomic E-state index is 10.4. The average molecular weight is 169 g/mol. The van der Waals surface area contributed by atoms with Crippen molar-refractivity contribution in [2.75, 3.05) is 7.11 Å². The Balaban J connectivity index is 2.83. The summed E-state index contributed by atoms with van der Waals surface area (Å²) in [7, 11) is 1.57. The van der Waals surface area contributed by atoms with Crippen LogP contribution >= 0.6 is 0 Å². The van der Waals surface area contributed by atoms with E-state index >= 15 is 0 Å². The molecule has 0 amide bonds. The van der Waals surface area contributed by atoms with Crippen molar-refractivity contribution >= 4 is 0 Å². The molecule has 0 aliphatic heterocycles. The highest BCUT2D eigenvalue weighted by molar-refractivity contribution is 5.18. The molecular weight excluding hydrogens is 158 g/mol. The molecule has 0 fully saturated rings. The van der Waals surface area contributed by atoms with Crippen molar-refractivity contribution in [1.82, 2.24) is 0 Å². The Morgan fingerprint density at radius 3 is 2.75 bits per heavy atom. The second-order valence-corrected chi connectivity index (χ2v) is 2.79. The van der Waals surface area contributed by atoms with Crippen LogP contribution in [0.15, 0.2) is 23.6 Å². The zero-order chi connectivity index (χ0) is 9.14. The Morgan fingerprint density at radius 1 is 1.67 bits per heavy atom. The van der Waals surface area contributed by atoms with Gasteiger partial charge in [0.1, 0.15) is 0 Å². The Bertz CT molecular complexity index is 255. The maximum Gasteiger partial charge on any atom is 0.249 e. The van der Waals surface area contributed by atoms with Gasteiger partial charge in [0.05, 0.1) is 23.7 Å². The third kappa shape index (κ3) is 1.64. The average Bonchev–Trinajstić information content (AvgIpc) is 2.03. The summed E-state index contributed by atoms with van der Waals surface area (Å²) >= 11 is 0. The van der Waals surface area contributed by atoms with Crippen LogP contribution in [0.5, 0.6) is 0 Å². The van der Waals surface area contributed by atoms with E-state index in [1.165, 1.54) is 6.08 Å². The lowest BCUT2D eigenvalue weighted by molar-refractivity contribution is -0.433. The number of nitrogens with zero attached hydrogens (tertiary/aromatic N) is 1. The first kappa shape index (κ1) is 8.77. The minimum atomic E-state index is -0.340. The number of ether oxygens (including phenoxy) is 1. The molecule has 12 heavy (non-hydrogen) atoms. The molecule has 1 aliphatic carbocycles. The minimum absolute atomic E-state index is 0.0556. The molecule has 0 saturated carbocycles. The fourth-order valence-corrected chi connectivity index (χ4v) is 1.21. The van der Waals surface area contributed by atoms with Gasteiger partial charge in [-0.25, -0.2) is 0 Å². The van der Waals surface area contributed by atoms with Gasteiger partial charge < -0.3 is 4.74 Å². The van der Waals surface area contributed by atoms with E-state index in [1.54, 1.807) is 13.2 Å². The Hall–Kier alpha value is -1.32. The van der Waals surface area contributed by atoms with Crippen LogP contribution in [0.2, 0.25) is 0 Å². The molecule has 0 bridgehead atoms. The normalized spacial score (nSPS) is 22.7. The monoisotopic (exact) mass is 169 g/mol. The molecule has 66 valence electrons. The van der Waals surface area contributed by atoms with Gasteiger partial charge in [-0.15, -0.1) is 0 Å². The van der Waals surface area contributed by atoms with Crippen molar-refractivity contribution in [2.45, 2.75) is 13.3 Å². The van der Waals surface area contributed by atoms with Crippen LogP contribution in [-0.4, -0.2) is 12.0 Å². The van der Waals surface area contributed by atoms with Gasteiger partial charge in [-0.3, -0.25) is 10.1 Å². The van der Waals surface area contributed by atoms with Crippen molar-refractivity contribution in [3.05, 3.63) is 33.7 Å². The molecule has 0 saturated heterocycles. The summed E-state index contributed by atoms with van der Waals surface area (Å²) in [6.07, 6.45) is 3.77. The molecule has 0 aromatic carbocycles. The number of hydrogen-bond donors (Lipinski definition) is 0. The summed E-state index contributed by atoms with van der Waals surface area (Å²) in [6.45, 7) is 1.82. The van der Waals surface area contributed by atoms with E-state index in [9.17, 15) is 10.1 Å². The molecule has 4 nitrogen and oxygen atoms in total. The van der Waals surface area contributed by atoms with Crippen molar-refractivity contribution in [1.29, 1.82) is 0 Å². The molecule has 0 N–H and O–H groups in total. The Morgan fingerprint density at radius 2 is 2.33 bits per heavy atom. The zero-order valence-corrected chi connectivity index (χ0v) is 7.11. The predicted molar refractivity (Wildman–Crippen MR) is 44.0 cm³/mol. The van der Waals surface area contributed by atoms with Crippen molar-refractivity contribution in [3.8, 4) is 0 Å². The number of allylic oxidation sites excluding steroid dienone is 4. The number of hydrogen-bond acceptors (Lipinski definition) is 3. The Kier molecular flexibility index (Phi) is 2.47. The van der Waals surface area contributed by atoms with Gasteiger partial charge in [0.2, 0.25) is 5.70 Å². The molecule has 0 aromatic rings. The molecule has 1 aliphatic rings. The number of methoxy groups -OCH3 is 1. The van der Waals surface area contributed by atoms with Gasteiger partial charge in [0, 0.05) is 12.5 Å². The van der Waals surface area contributed by atoms with E-state index in [2.05, 4.69) is 0 Å². The summed E-state index contributed by atoms with van der Waals surface area (Å²) in [5.41, 5.74) is 0.260. The molecule has 1 atom stereocenters. The van der Waals surface area contributed by atoms with Crippen LogP contribution in [0.4, 0.5) is 0 Å². The first-order valence-electron chi connectivity index (χ1n) is 3.74. The first-order chi connectivity index (χ1) is 5.65. The number of nitro groups is 1. The summed E-state index contributed by atoms with van der Waals surface area (Å²) in [6, 6.07) is 0. The van der Waals surface area contributed by atoms with E-state index in [0.29, 0.717) is 6.42 Å². The number of rotatable bonds is 2. The summed E-state index contributed by atoms with van der Waals surface area (Å²) in [4.78, 5) is 10.1. The van der Waals surface area contributed by atoms with Crippen LogP contribution in [0.1, 0.15) is 13.3 Å². The summed E-state index contributed by atoms with van der Waals surface area (Å²) < 4.78 is 4.98. The van der Waals surface area contributed by atoms with Crippen LogP contribution in [-0.2, 0) is 4.74 Å². The van der Waals surface area contributed by atoms with Gasteiger partial charge in [-0.1, -0.05) is 6.92 Å². The highest BCUT2D eigenvalue weighted by Crippen LogP contribution is 2.24. The van der Waals surface area contributed by atoms with Gasteiger partial charge in [0.15, 0.2) is 0 Å². The largest absolute Gasteiger partial charge is 0.501 e. The first-order valence-corrected chi connectivity index (χ1v) is 3.74. The van der Waals surface area contributed by atoms with E-state index in [4.69, 9.17) is 4.74 Å². The van der Waals surface area contributed by atoms with E-state index < -0.39 is 0 Å². The fraction of sp³-hybridized carbons (Fsp3) is 0.500. The lowest BCUT2D eigenvalue weighted by Gasteiger charge is -2.14. The second kappa shape index (κ2) is 3.38. The van der Waals surface area contributed by atoms with Crippen LogP contribution in [0.25, 0.3) is 0 Å². The van der Waals surface area contributed by atoms with Gasteiger partial charge in [0.25, 0.3) is 0 Å². The standard InChI is InChI=1S/C8H11NO3/c1-6-5-7(12-2)3-4-8(6)9(10)11/h3-4,6H,5H2,1-2H3. The van der Waals surface area contributed by atoms with E-state index in [1.807, 2.05) is 6.92 Å². The van der Waals surface area contributed by atoms with E-state index in [-0.39, 0.29) is 16.5 Å². The minimum Gasteiger partial charge on any atom is -0.501 e. The Labute approximate surface area is 70.7 Å². The third-order valence-corrected chi connectivity index (χ3v) is 1.93. The SMILES string of the molecule is COC1=CC=C([N+](=O)[O-])C(C)C1. The van der Waals surface area contributed by atoms with Crippen molar-refractivity contribution in [3.63, 3.8) is 0 Å². The molecule has 1 unspecified atom stereocenters. The van der Waals surface area contributed by atoms with Crippen LogP contribution in [0, 0.1) is 16.0 Å². The van der Waals surface area contributed by atoms with E-state index in [0.717, 1.165) is 5.76 Å². The molecule has 1 rings (SSSR count). The van der Waals surface area contributed by atoms with Gasteiger partial charge >= 0.3 is 0 Å². The molecular formula is C8H11NO3. The van der Waals surface area contributed by atoms with Crippen LogP contribution in [0.3, 0.4) is 0 Å². The zero-order valence-electron chi connectivity index (χ0n) is 7.11. The lowest BCUT2D eigenvalue weighted by atomic mass is 9.98. The van der Waals surface area contributed by atoms with Crippen LogP contribution < -0.4 is 0 Å². The third-order valence-electron chi connectivity index (χ3n) is 1.93. The lowest BCUT2D eigenvalue weighted by Crippen LogP contribution is -2.13. The van der Waals surface area contributed by atoms with Gasteiger partial charge in [-0.2, -0.15) is 0 Å². The van der Waals surface area contributed by atoms with Crippen molar-refractivity contribution < 1.29 is 9.66 Å². The summed E-state index contributed by atoms with van der Waals surface area (Å²) in [5, 5.41) is 10.4. The molecule has 0 aromatic heterocycles. The second-order valence-electron chi connectivity index (χ2n) is 2.79. The smallest absolute Gasteiger partial charge is 0.249 e. The molecule has 0 spiro atoms. The highest BCUT2D eigenvalue weighted by Gasteiger charge is 2.24. The maximum absolute atomic E-state index is 10.4. The fourth-order valence-electron chi connectivity index (χ4n) is 1.21. The molecule has 0 radical (unpaired) electrons. The molecule has 4 heteroatoms. The topological polar surface area (TPSA) is 52.4 Å². The van der Waals surface area contributed by atoms with Crippen molar-refractivity contribution in [2.24, 2.45) is 5.92 Å². The summed E-state index contributed by atoms with van der Waals surface area (Å²) in [5.74, 6) is 0.744. The predicted octanol–water partition coefficient (Wildman–Crippen LogP) is 1.72. The quantitative estimate of drug-likeness (QED) is 0.467. The van der Waals surface area contributed by atoms with Gasteiger partial charge in [-0.05, 0) is 6.08 Å².